The van der Waals surface area contributed by atoms with Gasteiger partial charge in [0, 0.05) is 24.3 Å². The first kappa shape index (κ1) is 43.5. The molecule has 45 heavy (non-hydrogen) atoms. The minimum atomic E-state index is -1.12. The summed E-state index contributed by atoms with van der Waals surface area (Å²) in [4.78, 5) is 52.3. The molecular formula is C33H64N4O6S2. The number of hydrogen-bond donors (Lipinski definition) is 4. The van der Waals surface area contributed by atoms with E-state index in [1.165, 1.54) is 79.4 Å². The molecule has 0 fully saturated rings. The highest BCUT2D eigenvalue weighted by Crippen LogP contribution is 2.23. The molecule has 0 bridgehead atoms. The number of amides is 2. The van der Waals surface area contributed by atoms with E-state index < -0.39 is 24.0 Å². The minimum absolute atomic E-state index is 0.107. The Bertz CT molecular complexity index is 788. The van der Waals surface area contributed by atoms with Crippen LogP contribution in [0.4, 0.5) is 0 Å². The normalized spacial score (nSPS) is 12.8. The van der Waals surface area contributed by atoms with E-state index in [1.807, 2.05) is 0 Å². The molecule has 0 aromatic heterocycles. The second kappa shape index (κ2) is 29.9. The van der Waals surface area contributed by atoms with Crippen LogP contribution >= 0.6 is 21.6 Å². The third-order valence-corrected chi connectivity index (χ3v) is 10.0. The molecular weight excluding hydrogens is 613 g/mol. The highest BCUT2D eigenvalue weighted by atomic mass is 33.1. The summed E-state index contributed by atoms with van der Waals surface area (Å²) in [6.45, 7) is 2.27. The Labute approximate surface area is 281 Å². The van der Waals surface area contributed by atoms with Crippen LogP contribution in [0.3, 0.4) is 0 Å². The summed E-state index contributed by atoms with van der Waals surface area (Å²) in [7, 11) is 10.8. The highest BCUT2D eigenvalue weighted by Gasteiger charge is 2.23. The number of carbonyl (C=O) groups is 4. The molecule has 0 heterocycles. The standard InChI is InChI=1S/C33H64N4O6S2/c1-36(2)24-20-16-12-8-5-6-10-14-18-22-30(38)34-28(32(40)41)26-44-45-27-29(33(42)43)35-31(39)23-19-15-11-7-9-13-17-21-25-37(3)4/h28-29H,5-27H2,1-4H3,(H,34,38)(H,35,39)(H,40,41)(H,42,43). The summed E-state index contributed by atoms with van der Waals surface area (Å²) >= 11 is 0. The third kappa shape index (κ3) is 29.6. The lowest BCUT2D eigenvalue weighted by molar-refractivity contribution is -0.141. The van der Waals surface area contributed by atoms with Crippen LogP contribution in [-0.2, 0) is 19.2 Å². The lowest BCUT2D eigenvalue weighted by Gasteiger charge is -2.16. The average Bonchev–Trinajstić information content (AvgIpc) is 2.97. The summed E-state index contributed by atoms with van der Waals surface area (Å²) in [6, 6.07) is -2.09. The van der Waals surface area contributed by atoms with Crippen LogP contribution in [0.5, 0.6) is 0 Å². The van der Waals surface area contributed by atoms with Gasteiger partial charge in [-0.05, 0) is 67.0 Å². The van der Waals surface area contributed by atoms with Crippen molar-refractivity contribution >= 4 is 45.3 Å². The van der Waals surface area contributed by atoms with Crippen molar-refractivity contribution in [2.75, 3.05) is 52.8 Å². The number of hydrogen-bond acceptors (Lipinski definition) is 8. The number of rotatable bonds is 32. The summed E-state index contributed by atoms with van der Waals surface area (Å²) in [5.74, 6) is -2.57. The molecule has 0 aliphatic rings. The van der Waals surface area contributed by atoms with Crippen LogP contribution in [0.1, 0.15) is 122 Å². The van der Waals surface area contributed by atoms with Crippen molar-refractivity contribution in [3.05, 3.63) is 0 Å². The van der Waals surface area contributed by atoms with E-state index in [-0.39, 0.29) is 23.3 Å². The van der Waals surface area contributed by atoms with Gasteiger partial charge in [0.25, 0.3) is 0 Å². The van der Waals surface area contributed by atoms with Crippen LogP contribution in [-0.4, -0.2) is 109 Å². The number of carboxylic acid groups (broad SMARTS) is 2. The number of nitrogens with zero attached hydrogens (tertiary/aromatic N) is 2. The molecule has 264 valence electrons. The zero-order valence-corrected chi connectivity index (χ0v) is 30.3. The predicted octanol–water partition coefficient (Wildman–Crippen LogP) is 6.04. The summed E-state index contributed by atoms with van der Waals surface area (Å²) < 4.78 is 0. The number of carbonyl (C=O) groups excluding carboxylic acids is 2. The Hall–Kier alpha value is -1.50. The van der Waals surface area contributed by atoms with Gasteiger partial charge in [0.1, 0.15) is 12.1 Å². The Balaban J connectivity index is 4.00. The van der Waals surface area contributed by atoms with Crippen molar-refractivity contribution in [3.63, 3.8) is 0 Å². The molecule has 0 radical (unpaired) electrons. The first-order valence-electron chi connectivity index (χ1n) is 17.1. The average molecular weight is 677 g/mol. The molecule has 0 spiro atoms. The first-order valence-corrected chi connectivity index (χ1v) is 19.6. The number of carboxylic acids is 2. The van der Waals surface area contributed by atoms with E-state index in [0.29, 0.717) is 12.8 Å². The number of nitrogens with one attached hydrogen (secondary N) is 2. The van der Waals surface area contributed by atoms with Crippen LogP contribution in [0.2, 0.25) is 0 Å². The van der Waals surface area contributed by atoms with E-state index in [9.17, 15) is 29.4 Å². The van der Waals surface area contributed by atoms with E-state index >= 15 is 0 Å². The maximum atomic E-state index is 12.3. The Morgan fingerprint density at radius 1 is 0.489 bits per heavy atom. The molecule has 0 aromatic rings. The van der Waals surface area contributed by atoms with Crippen molar-refractivity contribution in [1.29, 1.82) is 0 Å². The van der Waals surface area contributed by atoms with E-state index in [2.05, 4.69) is 48.6 Å². The fourth-order valence-electron chi connectivity index (χ4n) is 4.84. The van der Waals surface area contributed by atoms with Crippen molar-refractivity contribution < 1.29 is 29.4 Å². The van der Waals surface area contributed by atoms with Gasteiger partial charge in [0.05, 0.1) is 0 Å². The zero-order chi connectivity index (χ0) is 33.7. The van der Waals surface area contributed by atoms with Crippen molar-refractivity contribution in [1.82, 2.24) is 20.4 Å². The van der Waals surface area contributed by atoms with Crippen molar-refractivity contribution in [2.24, 2.45) is 0 Å². The Morgan fingerprint density at radius 2 is 0.756 bits per heavy atom. The van der Waals surface area contributed by atoms with Crippen molar-refractivity contribution in [2.45, 2.75) is 134 Å². The molecule has 0 aliphatic carbocycles. The van der Waals surface area contributed by atoms with Gasteiger partial charge < -0.3 is 30.6 Å². The molecule has 0 aliphatic heterocycles. The van der Waals surface area contributed by atoms with Gasteiger partial charge in [-0.1, -0.05) is 105 Å². The van der Waals surface area contributed by atoms with Gasteiger partial charge >= 0.3 is 11.9 Å². The molecule has 2 atom stereocenters. The van der Waals surface area contributed by atoms with Gasteiger partial charge in [-0.15, -0.1) is 0 Å². The van der Waals surface area contributed by atoms with E-state index in [1.54, 1.807) is 0 Å². The molecule has 0 aromatic carbocycles. The number of aliphatic carboxylic acids is 2. The van der Waals surface area contributed by atoms with Gasteiger partial charge in [-0.2, -0.15) is 0 Å². The molecule has 0 rings (SSSR count). The largest absolute Gasteiger partial charge is 0.480 e. The quantitative estimate of drug-likeness (QED) is 0.0493. The minimum Gasteiger partial charge on any atom is -0.480 e. The lowest BCUT2D eigenvalue weighted by atomic mass is 10.1. The van der Waals surface area contributed by atoms with Gasteiger partial charge in [0.2, 0.25) is 11.8 Å². The summed E-state index contributed by atoms with van der Waals surface area (Å²) in [6.07, 6.45) is 19.6. The smallest absolute Gasteiger partial charge is 0.327 e. The lowest BCUT2D eigenvalue weighted by Crippen LogP contribution is -2.43. The zero-order valence-electron chi connectivity index (χ0n) is 28.7. The predicted molar refractivity (Wildman–Crippen MR) is 189 cm³/mol. The van der Waals surface area contributed by atoms with Crippen LogP contribution in [0.25, 0.3) is 0 Å². The highest BCUT2D eigenvalue weighted by molar-refractivity contribution is 8.76. The second-order valence-electron chi connectivity index (χ2n) is 12.6. The molecule has 0 saturated heterocycles. The summed E-state index contributed by atoms with van der Waals surface area (Å²) in [5, 5.41) is 24.2. The molecule has 10 nitrogen and oxygen atoms in total. The molecule has 12 heteroatoms. The Kier molecular flexibility index (Phi) is 28.9. The van der Waals surface area contributed by atoms with Crippen LogP contribution in [0, 0.1) is 0 Å². The molecule has 4 N–H and O–H groups in total. The molecule has 2 unspecified atom stereocenters. The first-order chi connectivity index (χ1) is 21.5. The SMILES string of the molecule is CN(C)CCCCCCCCCCCC(=O)NC(CSSCC(NC(=O)CCCCCCCCCCN(C)C)C(=O)O)C(=O)O. The van der Waals surface area contributed by atoms with Gasteiger partial charge in [0.15, 0.2) is 0 Å². The molecule has 0 saturated carbocycles. The maximum Gasteiger partial charge on any atom is 0.327 e. The van der Waals surface area contributed by atoms with E-state index in [0.717, 1.165) is 64.5 Å². The molecule has 2 amide bonds. The van der Waals surface area contributed by atoms with Crippen LogP contribution < -0.4 is 10.6 Å². The van der Waals surface area contributed by atoms with Gasteiger partial charge in [-0.25, -0.2) is 9.59 Å². The topological polar surface area (TPSA) is 139 Å². The summed E-state index contributed by atoms with van der Waals surface area (Å²) in [5.41, 5.74) is 0. The maximum absolute atomic E-state index is 12.3. The van der Waals surface area contributed by atoms with Crippen molar-refractivity contribution in [3.8, 4) is 0 Å². The fourth-order valence-corrected chi connectivity index (χ4v) is 7.15. The third-order valence-electron chi connectivity index (χ3n) is 7.59. The number of unbranched alkanes of at least 4 members (excludes halogenated alkanes) is 15. The Morgan fingerprint density at radius 3 is 1.02 bits per heavy atom. The van der Waals surface area contributed by atoms with Crippen LogP contribution in [0.15, 0.2) is 0 Å². The monoisotopic (exact) mass is 676 g/mol. The van der Waals surface area contributed by atoms with E-state index in [4.69, 9.17) is 0 Å². The van der Waals surface area contributed by atoms with Gasteiger partial charge in [-0.3, -0.25) is 9.59 Å². The second-order valence-corrected chi connectivity index (χ2v) is 15.2. The fraction of sp³-hybridized carbons (Fsp3) is 0.879.